The van der Waals surface area contributed by atoms with Crippen molar-refractivity contribution < 1.29 is 9.53 Å². The predicted octanol–water partition coefficient (Wildman–Crippen LogP) is 4.51. The number of rotatable bonds is 4. The van der Waals surface area contributed by atoms with Gasteiger partial charge in [0.15, 0.2) is 5.78 Å². The smallest absolute Gasteiger partial charge is 0.167 e. The van der Waals surface area contributed by atoms with E-state index in [-0.39, 0.29) is 5.92 Å². The van der Waals surface area contributed by atoms with Crippen LogP contribution in [-0.4, -0.2) is 18.0 Å². The maximum absolute atomic E-state index is 13.0. The van der Waals surface area contributed by atoms with Crippen LogP contribution >= 0.6 is 0 Å². The predicted molar refractivity (Wildman–Crippen MR) is 78.2 cm³/mol. The van der Waals surface area contributed by atoms with Crippen LogP contribution in [0.3, 0.4) is 0 Å². The Hall–Kier alpha value is -0.370. The summed E-state index contributed by atoms with van der Waals surface area (Å²) in [6.07, 6.45) is 10.0. The lowest BCUT2D eigenvalue weighted by molar-refractivity contribution is -0.157. The minimum Gasteiger partial charge on any atom is -0.367 e. The fourth-order valence-corrected chi connectivity index (χ4v) is 3.81. The molecule has 0 aromatic carbocycles. The van der Waals surface area contributed by atoms with Crippen LogP contribution in [0.2, 0.25) is 0 Å². The van der Waals surface area contributed by atoms with E-state index in [9.17, 15) is 4.79 Å². The molecule has 0 saturated heterocycles. The molecule has 0 aliphatic heterocycles. The van der Waals surface area contributed by atoms with Gasteiger partial charge in [-0.05, 0) is 50.9 Å². The number of Topliss-reactive ketones (excluding diaryl/α,β-unsaturated/α-hetero) is 1. The average Bonchev–Trinajstić information content (AvgIpc) is 2.42. The molecule has 2 heteroatoms. The van der Waals surface area contributed by atoms with Crippen molar-refractivity contribution in [3.05, 3.63) is 0 Å². The molecular formula is C17H30O2. The Kier molecular flexibility index (Phi) is 4.70. The Labute approximate surface area is 118 Å². The fourth-order valence-electron chi connectivity index (χ4n) is 3.81. The third-order valence-electron chi connectivity index (χ3n) is 5.26. The largest absolute Gasteiger partial charge is 0.367 e. The van der Waals surface area contributed by atoms with E-state index in [1.807, 2.05) is 6.92 Å². The van der Waals surface area contributed by atoms with Crippen molar-refractivity contribution in [2.75, 3.05) is 6.61 Å². The molecule has 2 aliphatic rings. The highest BCUT2D eigenvalue weighted by Crippen LogP contribution is 2.44. The molecule has 2 fully saturated rings. The summed E-state index contributed by atoms with van der Waals surface area (Å²) in [6.45, 7) is 7.32. The van der Waals surface area contributed by atoms with E-state index in [0.29, 0.717) is 17.8 Å². The topological polar surface area (TPSA) is 26.3 Å². The van der Waals surface area contributed by atoms with Crippen molar-refractivity contribution in [1.82, 2.24) is 0 Å². The van der Waals surface area contributed by atoms with Gasteiger partial charge in [-0.15, -0.1) is 0 Å². The second kappa shape index (κ2) is 5.95. The molecule has 0 spiro atoms. The van der Waals surface area contributed by atoms with Crippen LogP contribution in [0.15, 0.2) is 0 Å². The highest BCUT2D eigenvalue weighted by Gasteiger charge is 2.46. The molecule has 2 aliphatic carbocycles. The second-order valence-electron chi connectivity index (χ2n) is 7.29. The van der Waals surface area contributed by atoms with Gasteiger partial charge in [0.2, 0.25) is 0 Å². The van der Waals surface area contributed by atoms with Gasteiger partial charge in [-0.3, -0.25) is 4.79 Å². The highest BCUT2D eigenvalue weighted by molar-refractivity contribution is 5.89. The maximum atomic E-state index is 13.0. The number of hydrogen-bond donors (Lipinski definition) is 0. The molecule has 0 radical (unpaired) electrons. The van der Waals surface area contributed by atoms with E-state index in [2.05, 4.69) is 13.8 Å². The van der Waals surface area contributed by atoms with E-state index in [4.69, 9.17) is 4.74 Å². The summed E-state index contributed by atoms with van der Waals surface area (Å²) in [5.41, 5.74) is -0.0558. The van der Waals surface area contributed by atoms with Crippen LogP contribution in [0, 0.1) is 11.3 Å². The van der Waals surface area contributed by atoms with E-state index < -0.39 is 5.60 Å². The third-order valence-corrected chi connectivity index (χ3v) is 5.26. The average molecular weight is 266 g/mol. The van der Waals surface area contributed by atoms with Gasteiger partial charge in [-0.25, -0.2) is 0 Å². The summed E-state index contributed by atoms with van der Waals surface area (Å²) < 4.78 is 6.03. The van der Waals surface area contributed by atoms with Gasteiger partial charge in [0, 0.05) is 12.5 Å². The van der Waals surface area contributed by atoms with Crippen LogP contribution in [-0.2, 0) is 9.53 Å². The zero-order chi connectivity index (χ0) is 13.9. The Morgan fingerprint density at radius 3 is 2.16 bits per heavy atom. The van der Waals surface area contributed by atoms with E-state index >= 15 is 0 Å². The Morgan fingerprint density at radius 1 is 1.05 bits per heavy atom. The number of carbonyl (C=O) groups is 1. The SMILES string of the molecule is CCOC1(C(=O)C2CCCCC2)CCC(C)(C)CC1. The molecular weight excluding hydrogens is 236 g/mol. The van der Waals surface area contributed by atoms with Crippen molar-refractivity contribution in [2.24, 2.45) is 11.3 Å². The van der Waals surface area contributed by atoms with Gasteiger partial charge in [0.25, 0.3) is 0 Å². The molecule has 0 bridgehead atoms. The molecule has 2 rings (SSSR count). The molecule has 0 amide bonds. The van der Waals surface area contributed by atoms with Crippen molar-refractivity contribution in [1.29, 1.82) is 0 Å². The first-order valence-electron chi connectivity index (χ1n) is 8.17. The Morgan fingerprint density at radius 2 is 1.63 bits per heavy atom. The minimum absolute atomic E-state index is 0.279. The van der Waals surface area contributed by atoms with Gasteiger partial charge in [0.05, 0.1) is 0 Å². The first-order chi connectivity index (χ1) is 8.99. The fraction of sp³-hybridized carbons (Fsp3) is 0.941. The Balaban J connectivity index is 2.08. The van der Waals surface area contributed by atoms with Crippen molar-refractivity contribution in [2.45, 2.75) is 84.2 Å². The van der Waals surface area contributed by atoms with E-state index in [1.165, 1.54) is 19.3 Å². The third kappa shape index (κ3) is 3.39. The Bertz CT molecular complexity index is 303. The standard InChI is InChI=1S/C17H30O2/c1-4-19-17(12-10-16(2,3)11-13-17)15(18)14-8-6-5-7-9-14/h14H,4-13H2,1-3H3. The number of hydrogen-bond acceptors (Lipinski definition) is 2. The normalized spacial score (nSPS) is 27.1. The monoisotopic (exact) mass is 266 g/mol. The lowest BCUT2D eigenvalue weighted by Crippen LogP contribution is -2.49. The van der Waals surface area contributed by atoms with E-state index in [1.54, 1.807) is 0 Å². The number of carbonyl (C=O) groups excluding carboxylic acids is 1. The van der Waals surface area contributed by atoms with Crippen molar-refractivity contribution in [3.8, 4) is 0 Å². The molecule has 0 aromatic heterocycles. The summed E-state index contributed by atoms with van der Waals surface area (Å²) in [7, 11) is 0. The zero-order valence-electron chi connectivity index (χ0n) is 13.0. The summed E-state index contributed by atoms with van der Waals surface area (Å²) in [5, 5.41) is 0. The van der Waals surface area contributed by atoms with Gasteiger partial charge in [-0.1, -0.05) is 33.1 Å². The van der Waals surface area contributed by atoms with Crippen molar-refractivity contribution in [3.63, 3.8) is 0 Å². The molecule has 19 heavy (non-hydrogen) atoms. The molecule has 2 nitrogen and oxygen atoms in total. The summed E-state index contributed by atoms with van der Waals surface area (Å²) >= 11 is 0. The minimum atomic E-state index is -0.438. The maximum Gasteiger partial charge on any atom is 0.167 e. The lowest BCUT2D eigenvalue weighted by atomic mass is 9.66. The molecule has 0 aromatic rings. The molecule has 0 atom stereocenters. The molecule has 0 unspecified atom stereocenters. The van der Waals surface area contributed by atoms with Crippen LogP contribution in [0.1, 0.15) is 78.6 Å². The van der Waals surface area contributed by atoms with Crippen LogP contribution in [0.25, 0.3) is 0 Å². The van der Waals surface area contributed by atoms with Gasteiger partial charge >= 0.3 is 0 Å². The molecule has 110 valence electrons. The van der Waals surface area contributed by atoms with Crippen LogP contribution in [0.4, 0.5) is 0 Å². The number of ketones is 1. The van der Waals surface area contributed by atoms with Gasteiger partial charge in [0.1, 0.15) is 5.60 Å². The van der Waals surface area contributed by atoms with Gasteiger partial charge in [-0.2, -0.15) is 0 Å². The first-order valence-corrected chi connectivity index (χ1v) is 8.17. The summed E-state index contributed by atoms with van der Waals surface area (Å²) in [6, 6.07) is 0. The molecule has 0 N–H and O–H groups in total. The van der Waals surface area contributed by atoms with Crippen LogP contribution < -0.4 is 0 Å². The first kappa shape index (κ1) is 15.0. The lowest BCUT2D eigenvalue weighted by Gasteiger charge is -2.44. The quantitative estimate of drug-likeness (QED) is 0.748. The van der Waals surface area contributed by atoms with E-state index in [0.717, 1.165) is 38.5 Å². The summed E-state index contributed by atoms with van der Waals surface area (Å²) in [4.78, 5) is 13.0. The van der Waals surface area contributed by atoms with Crippen molar-refractivity contribution >= 4 is 5.78 Å². The summed E-state index contributed by atoms with van der Waals surface area (Å²) in [5.74, 6) is 0.714. The van der Waals surface area contributed by atoms with Gasteiger partial charge < -0.3 is 4.74 Å². The van der Waals surface area contributed by atoms with Crippen LogP contribution in [0.5, 0.6) is 0 Å². The molecule has 2 saturated carbocycles. The second-order valence-corrected chi connectivity index (χ2v) is 7.29. The zero-order valence-corrected chi connectivity index (χ0v) is 13.0. The highest BCUT2D eigenvalue weighted by atomic mass is 16.5. The number of ether oxygens (including phenoxy) is 1. The molecule has 0 heterocycles.